The molecule has 0 saturated heterocycles. The molecule has 0 N–H and O–H groups in total. The summed E-state index contributed by atoms with van der Waals surface area (Å²) in [6, 6.07) is 8.42. The predicted octanol–water partition coefficient (Wildman–Crippen LogP) is 0.555. The molecule has 0 amide bonds. The Kier molecular flexibility index (Phi) is 3.72. The molecule has 24 heavy (non-hydrogen) atoms. The van der Waals surface area contributed by atoms with E-state index in [0.717, 1.165) is 4.57 Å². The van der Waals surface area contributed by atoms with E-state index in [9.17, 15) is 14.4 Å². The number of rotatable bonds is 2. The van der Waals surface area contributed by atoms with E-state index in [1.165, 1.54) is 18.7 Å². The highest BCUT2D eigenvalue weighted by Crippen LogP contribution is 2.16. The smallest absolute Gasteiger partial charge is 0.344 e. The van der Waals surface area contributed by atoms with Gasteiger partial charge in [-0.1, -0.05) is 18.2 Å². The zero-order valence-corrected chi connectivity index (χ0v) is 13.3. The summed E-state index contributed by atoms with van der Waals surface area (Å²) >= 11 is 0. The number of aromatic nitrogens is 4. The SMILES string of the molecule is Cc1nc2c(=O)n(C)c(=O)n(C)c2nc1OC(=O)c1ccccc1. The Morgan fingerprint density at radius 3 is 2.38 bits per heavy atom. The van der Waals surface area contributed by atoms with Gasteiger partial charge in [-0.25, -0.2) is 14.6 Å². The Morgan fingerprint density at radius 2 is 1.71 bits per heavy atom. The summed E-state index contributed by atoms with van der Waals surface area (Å²) in [5, 5.41) is 0. The first-order valence-corrected chi connectivity index (χ1v) is 7.11. The van der Waals surface area contributed by atoms with E-state index in [1.807, 2.05) is 0 Å². The van der Waals surface area contributed by atoms with Crippen LogP contribution in [0.1, 0.15) is 16.1 Å². The van der Waals surface area contributed by atoms with Crippen molar-refractivity contribution in [2.45, 2.75) is 6.92 Å². The fourth-order valence-electron chi connectivity index (χ4n) is 2.25. The Morgan fingerprint density at radius 1 is 1.04 bits per heavy atom. The van der Waals surface area contributed by atoms with Crippen LogP contribution in [-0.2, 0) is 14.1 Å². The number of esters is 1. The van der Waals surface area contributed by atoms with Crippen molar-refractivity contribution < 1.29 is 9.53 Å². The summed E-state index contributed by atoms with van der Waals surface area (Å²) in [5.41, 5.74) is -0.351. The van der Waals surface area contributed by atoms with Gasteiger partial charge in [0.2, 0.25) is 5.88 Å². The van der Waals surface area contributed by atoms with Crippen molar-refractivity contribution in [2.75, 3.05) is 0 Å². The molecule has 8 nitrogen and oxygen atoms in total. The first-order valence-electron chi connectivity index (χ1n) is 7.11. The molecule has 0 aliphatic heterocycles. The van der Waals surface area contributed by atoms with Gasteiger partial charge in [0, 0.05) is 14.1 Å². The van der Waals surface area contributed by atoms with Crippen LogP contribution < -0.4 is 16.0 Å². The molecule has 0 aliphatic rings. The molecule has 2 aromatic heterocycles. The Labute approximate surface area is 136 Å². The van der Waals surface area contributed by atoms with Crippen molar-refractivity contribution in [3.8, 4) is 5.88 Å². The number of carbonyl (C=O) groups excluding carboxylic acids is 1. The Balaban J connectivity index is 2.14. The van der Waals surface area contributed by atoms with E-state index in [2.05, 4.69) is 9.97 Å². The van der Waals surface area contributed by atoms with Gasteiger partial charge in [0.05, 0.1) is 5.56 Å². The largest absolute Gasteiger partial charge is 0.402 e. The van der Waals surface area contributed by atoms with Crippen LogP contribution in [0.25, 0.3) is 11.2 Å². The molecule has 0 saturated carbocycles. The second-order valence-corrected chi connectivity index (χ2v) is 5.25. The average molecular weight is 326 g/mol. The minimum absolute atomic E-state index is 0.0385. The molecule has 3 aromatic rings. The number of hydrogen-bond donors (Lipinski definition) is 0. The summed E-state index contributed by atoms with van der Waals surface area (Å²) < 4.78 is 7.40. The van der Waals surface area contributed by atoms with Crippen LogP contribution in [0, 0.1) is 6.92 Å². The van der Waals surface area contributed by atoms with Gasteiger partial charge in [0.1, 0.15) is 5.69 Å². The zero-order chi connectivity index (χ0) is 17.4. The third-order valence-corrected chi connectivity index (χ3v) is 3.61. The Bertz CT molecular complexity index is 1070. The quantitative estimate of drug-likeness (QED) is 0.638. The lowest BCUT2D eigenvalue weighted by Gasteiger charge is -2.10. The molecule has 0 spiro atoms. The van der Waals surface area contributed by atoms with E-state index in [0.29, 0.717) is 5.56 Å². The molecule has 1 aromatic carbocycles. The van der Waals surface area contributed by atoms with Gasteiger partial charge in [-0.05, 0) is 19.1 Å². The first-order chi connectivity index (χ1) is 11.4. The summed E-state index contributed by atoms with van der Waals surface area (Å²) in [7, 11) is 2.83. The van der Waals surface area contributed by atoms with Crippen LogP contribution in [0.5, 0.6) is 5.88 Å². The van der Waals surface area contributed by atoms with E-state index >= 15 is 0 Å². The molecule has 3 rings (SSSR count). The molecule has 0 aliphatic carbocycles. The van der Waals surface area contributed by atoms with Gasteiger partial charge in [-0.2, -0.15) is 4.98 Å². The maximum absolute atomic E-state index is 12.2. The standard InChI is InChI=1S/C16H14N4O4/c1-9-13(24-15(22)10-7-5-4-6-8-10)18-12-11(17-9)14(21)20(3)16(23)19(12)2/h4-8H,1-3H3. The van der Waals surface area contributed by atoms with Crippen molar-refractivity contribution in [2.24, 2.45) is 14.1 Å². The highest BCUT2D eigenvalue weighted by Gasteiger charge is 2.17. The lowest BCUT2D eigenvalue weighted by atomic mass is 10.2. The topological polar surface area (TPSA) is 96.1 Å². The second kappa shape index (κ2) is 5.73. The highest BCUT2D eigenvalue weighted by molar-refractivity contribution is 5.91. The van der Waals surface area contributed by atoms with Crippen LogP contribution in [0.3, 0.4) is 0 Å². The van der Waals surface area contributed by atoms with Crippen LogP contribution in [0.15, 0.2) is 39.9 Å². The van der Waals surface area contributed by atoms with Crippen LogP contribution >= 0.6 is 0 Å². The number of ether oxygens (including phenoxy) is 1. The number of carbonyl (C=O) groups is 1. The van der Waals surface area contributed by atoms with E-state index in [4.69, 9.17) is 4.74 Å². The van der Waals surface area contributed by atoms with E-state index < -0.39 is 17.2 Å². The average Bonchev–Trinajstić information content (AvgIpc) is 2.60. The minimum atomic E-state index is -0.596. The predicted molar refractivity (Wildman–Crippen MR) is 86.2 cm³/mol. The summed E-state index contributed by atoms with van der Waals surface area (Å²) in [6.45, 7) is 1.57. The number of fused-ring (bicyclic) bond motifs is 1. The molecule has 0 atom stereocenters. The van der Waals surface area contributed by atoms with Gasteiger partial charge in [0.25, 0.3) is 5.56 Å². The summed E-state index contributed by atoms with van der Waals surface area (Å²) in [5.74, 6) is -0.638. The molecule has 0 bridgehead atoms. The molecule has 122 valence electrons. The number of benzene rings is 1. The normalized spacial score (nSPS) is 10.8. The van der Waals surface area contributed by atoms with Gasteiger partial charge in [-0.15, -0.1) is 0 Å². The van der Waals surface area contributed by atoms with Crippen LogP contribution in [0.4, 0.5) is 0 Å². The van der Waals surface area contributed by atoms with Gasteiger partial charge in [-0.3, -0.25) is 13.9 Å². The van der Waals surface area contributed by atoms with Gasteiger partial charge in [0.15, 0.2) is 11.2 Å². The maximum atomic E-state index is 12.2. The number of aryl methyl sites for hydroxylation is 2. The first kappa shape index (κ1) is 15.6. The second-order valence-electron chi connectivity index (χ2n) is 5.25. The molecule has 0 fully saturated rings. The highest BCUT2D eigenvalue weighted by atomic mass is 16.5. The third kappa shape index (κ3) is 2.47. The molecule has 2 heterocycles. The van der Waals surface area contributed by atoms with Crippen molar-refractivity contribution >= 4 is 17.1 Å². The van der Waals surface area contributed by atoms with Crippen LogP contribution in [-0.4, -0.2) is 25.1 Å². The monoisotopic (exact) mass is 326 g/mol. The maximum Gasteiger partial charge on any atom is 0.344 e. The lowest BCUT2D eigenvalue weighted by molar-refractivity contribution is 0.0726. The minimum Gasteiger partial charge on any atom is -0.402 e. The molecule has 8 heteroatoms. The molecule has 0 radical (unpaired) electrons. The lowest BCUT2D eigenvalue weighted by Crippen LogP contribution is -2.38. The fraction of sp³-hybridized carbons (Fsp3) is 0.188. The number of nitrogens with zero attached hydrogens (tertiary/aromatic N) is 4. The molecular formula is C16H14N4O4. The molecule has 0 unspecified atom stereocenters. The summed E-state index contributed by atoms with van der Waals surface area (Å²) in [6.07, 6.45) is 0. The van der Waals surface area contributed by atoms with Crippen molar-refractivity contribution in [3.05, 3.63) is 62.4 Å². The van der Waals surface area contributed by atoms with Crippen molar-refractivity contribution in [3.63, 3.8) is 0 Å². The van der Waals surface area contributed by atoms with Gasteiger partial charge >= 0.3 is 11.7 Å². The van der Waals surface area contributed by atoms with Crippen molar-refractivity contribution in [1.82, 2.24) is 19.1 Å². The van der Waals surface area contributed by atoms with E-state index in [1.54, 1.807) is 37.3 Å². The molecular weight excluding hydrogens is 312 g/mol. The van der Waals surface area contributed by atoms with Crippen molar-refractivity contribution in [1.29, 1.82) is 0 Å². The third-order valence-electron chi connectivity index (χ3n) is 3.61. The van der Waals surface area contributed by atoms with Crippen LogP contribution in [0.2, 0.25) is 0 Å². The fourth-order valence-corrected chi connectivity index (χ4v) is 2.25. The van der Waals surface area contributed by atoms with E-state index in [-0.39, 0.29) is 22.7 Å². The zero-order valence-electron chi connectivity index (χ0n) is 13.3. The number of hydrogen-bond acceptors (Lipinski definition) is 6. The Hall–Kier alpha value is -3.29. The van der Waals surface area contributed by atoms with Gasteiger partial charge < -0.3 is 4.74 Å². The summed E-state index contributed by atoms with van der Waals surface area (Å²) in [4.78, 5) is 44.6.